The lowest BCUT2D eigenvalue weighted by Gasteiger charge is -2.41. The number of hydrogen-bond acceptors (Lipinski definition) is 10. The topological polar surface area (TPSA) is 134 Å². The molecule has 6 rings (SSSR count). The average molecular weight is 688 g/mol. The number of ether oxygens (including phenoxy) is 2. The zero-order chi connectivity index (χ0) is 32.6. The van der Waals surface area contributed by atoms with Gasteiger partial charge in [-0.1, -0.05) is 29.3 Å². The van der Waals surface area contributed by atoms with Crippen LogP contribution in [0.2, 0.25) is 10.0 Å². The number of aromatic nitrogens is 1. The third-order valence-electron chi connectivity index (χ3n) is 8.43. The Morgan fingerprint density at radius 1 is 1.07 bits per heavy atom. The van der Waals surface area contributed by atoms with E-state index in [0.717, 1.165) is 9.87 Å². The summed E-state index contributed by atoms with van der Waals surface area (Å²) in [5.41, 5.74) is -0.188. The standard InChI is InChI=1S/C32H32Cl2N4O7S/c1-43-21-6-8-22(9-7-21)46(41,42)38-28-18-26(34)25(33)17-23(28)32(31(38)40,37-13-3-4-27(37)30-36-12-15-45-30)24-16-20(19-35-11-14-39)5-10-29(24)44-2/h5-10,12,15-18,27,35,39H,3-4,11,13-14,19H2,1-2H3. The summed E-state index contributed by atoms with van der Waals surface area (Å²) in [6, 6.07) is 13.7. The summed E-state index contributed by atoms with van der Waals surface area (Å²) >= 11 is 13.2. The minimum absolute atomic E-state index is 0.0537. The van der Waals surface area contributed by atoms with Crippen molar-refractivity contribution in [1.29, 1.82) is 0 Å². The number of amides is 1. The molecule has 1 saturated heterocycles. The van der Waals surface area contributed by atoms with E-state index in [1.54, 1.807) is 12.1 Å². The number of fused-ring (bicyclic) bond motifs is 1. The van der Waals surface area contributed by atoms with Gasteiger partial charge in [0.1, 0.15) is 17.8 Å². The molecule has 1 fully saturated rings. The number of carbonyl (C=O) groups excluding carboxylic acids is 1. The monoisotopic (exact) mass is 686 g/mol. The molecule has 242 valence electrons. The first kappa shape index (κ1) is 32.3. The maximum absolute atomic E-state index is 15.4. The zero-order valence-electron chi connectivity index (χ0n) is 25.1. The first-order chi connectivity index (χ1) is 22.2. The number of benzene rings is 3. The Balaban J connectivity index is 1.66. The van der Waals surface area contributed by atoms with Crippen molar-refractivity contribution in [2.24, 2.45) is 0 Å². The van der Waals surface area contributed by atoms with E-state index < -0.39 is 27.5 Å². The largest absolute Gasteiger partial charge is 0.497 e. The molecule has 14 heteroatoms. The summed E-state index contributed by atoms with van der Waals surface area (Å²) in [6.45, 7) is 1.06. The SMILES string of the molecule is COc1ccc(S(=O)(=O)N2C(=O)C(c3cc(CNCCO)ccc3OC)(N3CCCC3c3ncco3)c3cc(Cl)c(Cl)cc32)cc1. The molecule has 2 aliphatic rings. The number of aliphatic hydroxyl groups is 1. The van der Waals surface area contributed by atoms with Crippen LogP contribution in [0.25, 0.3) is 0 Å². The van der Waals surface area contributed by atoms with Crippen molar-refractivity contribution in [3.05, 3.63) is 99.7 Å². The molecule has 1 amide bonds. The zero-order valence-corrected chi connectivity index (χ0v) is 27.4. The van der Waals surface area contributed by atoms with E-state index in [1.807, 2.05) is 17.0 Å². The average Bonchev–Trinajstić information content (AvgIpc) is 3.81. The molecular formula is C32H32Cl2N4O7S. The molecule has 2 aliphatic heterocycles. The van der Waals surface area contributed by atoms with Crippen molar-refractivity contribution < 1.29 is 32.2 Å². The number of likely N-dealkylation sites (tertiary alicyclic amines) is 1. The van der Waals surface area contributed by atoms with Gasteiger partial charge in [0.05, 0.1) is 53.7 Å². The molecule has 3 aromatic carbocycles. The highest BCUT2D eigenvalue weighted by molar-refractivity contribution is 7.93. The number of nitrogens with zero attached hydrogens (tertiary/aromatic N) is 3. The summed E-state index contributed by atoms with van der Waals surface area (Å²) in [5.74, 6) is 0.452. The van der Waals surface area contributed by atoms with Gasteiger partial charge in [0, 0.05) is 30.8 Å². The van der Waals surface area contributed by atoms with Crippen molar-refractivity contribution in [3.8, 4) is 11.5 Å². The van der Waals surface area contributed by atoms with Gasteiger partial charge >= 0.3 is 0 Å². The van der Waals surface area contributed by atoms with Gasteiger partial charge in [0.2, 0.25) is 5.89 Å². The maximum Gasteiger partial charge on any atom is 0.271 e. The molecule has 0 bridgehead atoms. The van der Waals surface area contributed by atoms with E-state index >= 15 is 4.79 Å². The van der Waals surface area contributed by atoms with Gasteiger partial charge < -0.3 is 24.3 Å². The van der Waals surface area contributed by atoms with Crippen molar-refractivity contribution in [2.45, 2.75) is 35.9 Å². The number of carbonyl (C=O) groups is 1. The fraction of sp³-hybridized carbons (Fsp3) is 0.312. The smallest absolute Gasteiger partial charge is 0.271 e. The van der Waals surface area contributed by atoms with Crippen molar-refractivity contribution >= 4 is 44.8 Å². The summed E-state index contributed by atoms with van der Waals surface area (Å²) < 4.78 is 46.7. The van der Waals surface area contributed by atoms with Crippen LogP contribution in [0.5, 0.6) is 11.5 Å². The molecule has 46 heavy (non-hydrogen) atoms. The number of aliphatic hydroxyl groups excluding tert-OH is 1. The van der Waals surface area contributed by atoms with Gasteiger partial charge in [-0.25, -0.2) is 17.7 Å². The Bertz CT molecular complexity index is 1850. The Labute approximate surface area is 276 Å². The molecule has 2 N–H and O–H groups in total. The van der Waals surface area contributed by atoms with Gasteiger partial charge in [-0.3, -0.25) is 9.69 Å². The van der Waals surface area contributed by atoms with E-state index in [9.17, 15) is 13.5 Å². The predicted octanol–water partition coefficient (Wildman–Crippen LogP) is 4.90. The van der Waals surface area contributed by atoms with E-state index in [0.29, 0.717) is 61.0 Å². The van der Waals surface area contributed by atoms with Crippen molar-refractivity contribution in [2.75, 3.05) is 38.2 Å². The van der Waals surface area contributed by atoms with Gasteiger partial charge in [-0.2, -0.15) is 0 Å². The molecule has 11 nitrogen and oxygen atoms in total. The molecule has 1 aromatic heterocycles. The van der Waals surface area contributed by atoms with Crippen LogP contribution >= 0.6 is 23.2 Å². The minimum Gasteiger partial charge on any atom is -0.497 e. The first-order valence-electron chi connectivity index (χ1n) is 14.6. The highest BCUT2D eigenvalue weighted by Gasteiger charge is 2.63. The number of methoxy groups -OCH3 is 2. The van der Waals surface area contributed by atoms with E-state index in [4.69, 9.17) is 37.1 Å². The third-order valence-corrected chi connectivity index (χ3v) is 10.9. The van der Waals surface area contributed by atoms with Crippen LogP contribution < -0.4 is 19.1 Å². The Morgan fingerprint density at radius 3 is 2.50 bits per heavy atom. The highest BCUT2D eigenvalue weighted by atomic mass is 35.5. The highest BCUT2D eigenvalue weighted by Crippen LogP contribution is 2.57. The van der Waals surface area contributed by atoms with Crippen LogP contribution in [0.15, 0.2) is 76.4 Å². The molecular weight excluding hydrogens is 655 g/mol. The molecule has 4 aromatic rings. The number of sulfonamides is 1. The quantitative estimate of drug-likeness (QED) is 0.210. The number of halogens is 2. The number of rotatable bonds is 11. The Morgan fingerprint density at radius 2 is 1.83 bits per heavy atom. The fourth-order valence-corrected chi connectivity index (χ4v) is 8.21. The summed E-state index contributed by atoms with van der Waals surface area (Å²) in [7, 11) is -1.53. The maximum atomic E-state index is 15.4. The van der Waals surface area contributed by atoms with Crippen LogP contribution in [0.4, 0.5) is 5.69 Å². The molecule has 0 saturated carbocycles. The van der Waals surface area contributed by atoms with Crippen LogP contribution in [-0.2, 0) is 26.9 Å². The number of anilines is 1. The van der Waals surface area contributed by atoms with Gasteiger partial charge in [0.25, 0.3) is 15.9 Å². The van der Waals surface area contributed by atoms with Crippen LogP contribution in [0, 0.1) is 0 Å². The number of oxazole rings is 1. The summed E-state index contributed by atoms with van der Waals surface area (Å²) in [5, 5.41) is 12.7. The Kier molecular flexibility index (Phi) is 9.03. The predicted molar refractivity (Wildman–Crippen MR) is 172 cm³/mol. The third kappa shape index (κ3) is 5.23. The fourth-order valence-electron chi connectivity index (χ4n) is 6.43. The van der Waals surface area contributed by atoms with Crippen LogP contribution in [-0.4, -0.2) is 63.2 Å². The summed E-state index contributed by atoms with van der Waals surface area (Å²) in [6.07, 6.45) is 4.27. The summed E-state index contributed by atoms with van der Waals surface area (Å²) in [4.78, 5) is 21.7. The van der Waals surface area contributed by atoms with Crippen molar-refractivity contribution in [1.82, 2.24) is 15.2 Å². The normalized spacial score (nSPS) is 19.9. The van der Waals surface area contributed by atoms with Gasteiger partial charge in [-0.05, 0) is 66.9 Å². The van der Waals surface area contributed by atoms with E-state index in [-0.39, 0.29) is 27.2 Å². The molecule has 0 spiro atoms. The minimum atomic E-state index is -4.50. The second kappa shape index (κ2) is 12.9. The number of hydrogen-bond donors (Lipinski definition) is 2. The lowest BCUT2D eigenvalue weighted by molar-refractivity contribution is -0.127. The van der Waals surface area contributed by atoms with Gasteiger partial charge in [-0.15, -0.1) is 0 Å². The number of nitrogens with one attached hydrogen (secondary N) is 1. The molecule has 3 heterocycles. The molecule has 2 atom stereocenters. The first-order valence-corrected chi connectivity index (χ1v) is 16.8. The van der Waals surface area contributed by atoms with Crippen molar-refractivity contribution in [3.63, 3.8) is 0 Å². The van der Waals surface area contributed by atoms with Gasteiger partial charge in [0.15, 0.2) is 5.54 Å². The lowest BCUT2D eigenvalue weighted by atomic mass is 9.80. The van der Waals surface area contributed by atoms with E-state index in [1.165, 1.54) is 57.0 Å². The van der Waals surface area contributed by atoms with E-state index in [2.05, 4.69) is 10.3 Å². The second-order valence-corrected chi connectivity index (χ2v) is 13.5. The van der Waals surface area contributed by atoms with Crippen LogP contribution in [0.1, 0.15) is 41.5 Å². The molecule has 2 unspecified atom stereocenters. The van der Waals surface area contributed by atoms with Crippen LogP contribution in [0.3, 0.4) is 0 Å². The molecule has 0 radical (unpaired) electrons. The lowest BCUT2D eigenvalue weighted by Crippen LogP contribution is -2.54. The second-order valence-electron chi connectivity index (χ2n) is 10.9. The Hall–Kier alpha value is -3.65. The molecule has 0 aliphatic carbocycles.